The van der Waals surface area contributed by atoms with Crippen LogP contribution in [0, 0.1) is 0 Å². The number of esters is 1. The highest BCUT2D eigenvalue weighted by molar-refractivity contribution is 7.93. The van der Waals surface area contributed by atoms with Gasteiger partial charge in [-0.15, -0.1) is 0 Å². The third kappa shape index (κ3) is 4.28. The summed E-state index contributed by atoms with van der Waals surface area (Å²) in [6, 6.07) is 20.6. The molecular weight excluding hydrogens is 474 g/mol. The number of benzene rings is 3. The smallest absolute Gasteiger partial charge is 0.337 e. The Morgan fingerprint density at radius 2 is 1.76 bits per heavy atom. The summed E-state index contributed by atoms with van der Waals surface area (Å²) in [6.07, 6.45) is 1.63. The van der Waals surface area contributed by atoms with Crippen LogP contribution < -0.4 is 4.72 Å². The Morgan fingerprint density at radius 3 is 2.50 bits per heavy atom. The maximum absolute atomic E-state index is 12.9. The Labute approximate surface area is 198 Å². The lowest BCUT2D eigenvalue weighted by Crippen LogP contribution is -2.12. The Balaban J connectivity index is 1.36. The van der Waals surface area contributed by atoms with Gasteiger partial charge in [-0.3, -0.25) is 4.72 Å². The van der Waals surface area contributed by atoms with Gasteiger partial charge in [0.05, 0.1) is 34.0 Å². The Bertz CT molecular complexity index is 1590. The third-order valence-electron chi connectivity index (χ3n) is 5.01. The molecule has 3 aromatic carbocycles. The number of hydrogen-bond acceptors (Lipinski definition) is 8. The van der Waals surface area contributed by atoms with Crippen LogP contribution in [0.25, 0.3) is 33.0 Å². The number of oxazole rings is 1. The number of nitrogens with one attached hydrogen (secondary N) is 1. The number of sulfonamides is 1. The molecule has 0 bridgehead atoms. The first-order valence-electron chi connectivity index (χ1n) is 10.1. The van der Waals surface area contributed by atoms with Gasteiger partial charge in [-0.1, -0.05) is 41.7 Å². The number of rotatable bonds is 6. The van der Waals surface area contributed by atoms with E-state index in [1.54, 1.807) is 36.5 Å². The van der Waals surface area contributed by atoms with Gasteiger partial charge in [-0.2, -0.15) is 0 Å². The minimum absolute atomic E-state index is 0.0700. The molecule has 2 heterocycles. The first-order chi connectivity index (χ1) is 16.4. The topological polar surface area (TPSA) is 111 Å². The summed E-state index contributed by atoms with van der Waals surface area (Å²) < 4.78 is 39.5. The summed E-state index contributed by atoms with van der Waals surface area (Å²) in [4.78, 5) is 20.4. The highest BCUT2D eigenvalue weighted by atomic mass is 32.2. The molecule has 34 heavy (non-hydrogen) atoms. The van der Waals surface area contributed by atoms with Crippen LogP contribution in [-0.4, -0.2) is 31.5 Å². The van der Waals surface area contributed by atoms with Crippen molar-refractivity contribution >= 4 is 42.7 Å². The molecule has 0 radical (unpaired) electrons. The molecule has 10 heteroatoms. The van der Waals surface area contributed by atoms with Gasteiger partial charge >= 0.3 is 5.97 Å². The molecule has 8 nitrogen and oxygen atoms in total. The highest BCUT2D eigenvalue weighted by Gasteiger charge is 2.18. The third-order valence-corrected chi connectivity index (χ3v) is 7.42. The van der Waals surface area contributed by atoms with E-state index in [-0.39, 0.29) is 10.0 Å². The van der Waals surface area contributed by atoms with Gasteiger partial charge in [0, 0.05) is 11.1 Å². The van der Waals surface area contributed by atoms with Crippen LogP contribution in [0.3, 0.4) is 0 Å². The Morgan fingerprint density at radius 1 is 1.00 bits per heavy atom. The van der Waals surface area contributed by atoms with Crippen LogP contribution in [0.1, 0.15) is 10.4 Å². The number of aromatic nitrogens is 2. The fourth-order valence-electron chi connectivity index (χ4n) is 3.31. The molecule has 0 aliphatic heterocycles. The van der Waals surface area contributed by atoms with E-state index in [2.05, 4.69) is 14.7 Å². The summed E-state index contributed by atoms with van der Waals surface area (Å²) in [5, 5.41) is 0.196. The molecule has 0 aliphatic carbocycles. The molecule has 0 aliphatic rings. The largest absolute Gasteiger partial charge is 0.465 e. The molecule has 0 amide bonds. The van der Waals surface area contributed by atoms with Gasteiger partial charge in [0.25, 0.3) is 10.0 Å². The van der Waals surface area contributed by atoms with Crippen molar-refractivity contribution in [2.75, 3.05) is 11.8 Å². The predicted octanol–water partition coefficient (Wildman–Crippen LogP) is 5.21. The van der Waals surface area contributed by atoms with Gasteiger partial charge in [0.2, 0.25) is 5.89 Å². The van der Waals surface area contributed by atoms with Gasteiger partial charge in [-0.05, 0) is 42.5 Å². The molecule has 0 atom stereocenters. The van der Waals surface area contributed by atoms with Crippen molar-refractivity contribution in [2.24, 2.45) is 0 Å². The van der Waals surface area contributed by atoms with Crippen LogP contribution in [0.15, 0.2) is 88.3 Å². The Kier molecular flexibility index (Phi) is 5.60. The van der Waals surface area contributed by atoms with Gasteiger partial charge < -0.3 is 9.15 Å². The number of nitrogens with zero attached hydrogens (tertiary/aromatic N) is 2. The molecule has 1 N–H and O–H groups in total. The maximum atomic E-state index is 12.9. The number of carbonyl (C=O) groups is 1. The lowest BCUT2D eigenvalue weighted by Gasteiger charge is -2.05. The molecule has 5 rings (SSSR count). The van der Waals surface area contributed by atoms with Crippen LogP contribution >= 0.6 is 11.3 Å². The van der Waals surface area contributed by atoms with E-state index < -0.39 is 16.0 Å². The van der Waals surface area contributed by atoms with Crippen LogP contribution in [0.4, 0.5) is 5.13 Å². The zero-order chi connectivity index (χ0) is 23.7. The quantitative estimate of drug-likeness (QED) is 0.325. The van der Waals surface area contributed by atoms with Crippen LogP contribution in [0.5, 0.6) is 0 Å². The minimum atomic E-state index is -3.87. The zero-order valence-electron chi connectivity index (χ0n) is 17.8. The van der Waals surface area contributed by atoms with Crippen LogP contribution in [0.2, 0.25) is 0 Å². The second-order valence-electron chi connectivity index (χ2n) is 7.22. The first-order valence-corrected chi connectivity index (χ1v) is 12.4. The van der Waals surface area contributed by atoms with Crippen molar-refractivity contribution < 1.29 is 22.4 Å². The van der Waals surface area contributed by atoms with Crippen LogP contribution in [-0.2, 0) is 14.8 Å². The van der Waals surface area contributed by atoms with Crippen molar-refractivity contribution in [1.29, 1.82) is 0 Å². The molecule has 0 fully saturated rings. The van der Waals surface area contributed by atoms with Crippen molar-refractivity contribution in [3.05, 3.63) is 84.6 Å². The van der Waals surface area contributed by atoms with Crippen molar-refractivity contribution in [3.63, 3.8) is 0 Å². The summed E-state index contributed by atoms with van der Waals surface area (Å²) >= 11 is 1.13. The molecule has 5 aromatic rings. The highest BCUT2D eigenvalue weighted by Crippen LogP contribution is 2.30. The SMILES string of the molecule is COC(=O)c1ccc2nc(NS(=O)(=O)c3ccc(-c4ncc(-c5ccccc5)o4)cc3)sc2c1. The second kappa shape index (κ2) is 8.73. The lowest BCUT2D eigenvalue weighted by molar-refractivity contribution is 0.0601. The molecule has 170 valence electrons. The molecule has 0 unspecified atom stereocenters. The standard InChI is InChI=1S/C24H17N3O5S2/c1-31-23(28)17-9-12-19-21(13-17)33-24(26-19)27-34(29,30)18-10-7-16(8-11-18)22-25-14-20(32-22)15-5-3-2-4-6-15/h2-14H,1H3,(H,26,27). The Hall–Kier alpha value is -4.02. The lowest BCUT2D eigenvalue weighted by atomic mass is 10.2. The number of thiazole rings is 1. The van der Waals surface area contributed by atoms with E-state index in [0.717, 1.165) is 16.9 Å². The van der Waals surface area contributed by atoms with E-state index in [1.165, 1.54) is 19.2 Å². The van der Waals surface area contributed by atoms with E-state index in [9.17, 15) is 13.2 Å². The minimum Gasteiger partial charge on any atom is -0.465 e. The molecule has 2 aromatic heterocycles. The fraction of sp³-hybridized carbons (Fsp3) is 0.0417. The maximum Gasteiger partial charge on any atom is 0.337 e. The zero-order valence-corrected chi connectivity index (χ0v) is 19.4. The number of carbonyl (C=O) groups excluding carboxylic acids is 1. The number of anilines is 1. The van der Waals surface area contributed by atoms with Gasteiger partial charge in [-0.25, -0.2) is 23.2 Å². The van der Waals surface area contributed by atoms with Crippen molar-refractivity contribution in [3.8, 4) is 22.8 Å². The van der Waals surface area contributed by atoms with E-state index >= 15 is 0 Å². The second-order valence-corrected chi connectivity index (χ2v) is 9.93. The monoisotopic (exact) mass is 491 g/mol. The molecule has 0 saturated heterocycles. The summed E-state index contributed by atoms with van der Waals surface area (Å²) in [6.45, 7) is 0. The first kappa shape index (κ1) is 21.8. The molecule has 0 spiro atoms. The molecular formula is C24H17N3O5S2. The van der Waals surface area contributed by atoms with Gasteiger partial charge in [0.15, 0.2) is 10.9 Å². The summed E-state index contributed by atoms with van der Waals surface area (Å²) in [5.74, 6) is 0.544. The normalized spacial score (nSPS) is 11.4. The van der Waals surface area contributed by atoms with Crippen molar-refractivity contribution in [2.45, 2.75) is 4.90 Å². The number of ether oxygens (including phenoxy) is 1. The van der Waals surface area contributed by atoms with E-state index in [4.69, 9.17) is 9.15 Å². The fourth-order valence-corrected chi connectivity index (χ4v) is 5.45. The average Bonchev–Trinajstić information content (AvgIpc) is 3.50. The average molecular weight is 492 g/mol. The number of fused-ring (bicyclic) bond motifs is 1. The summed E-state index contributed by atoms with van der Waals surface area (Å²) in [5.41, 5.74) is 2.49. The predicted molar refractivity (Wildman–Crippen MR) is 129 cm³/mol. The van der Waals surface area contributed by atoms with Crippen molar-refractivity contribution in [1.82, 2.24) is 9.97 Å². The number of methoxy groups -OCH3 is 1. The summed E-state index contributed by atoms with van der Waals surface area (Å²) in [7, 11) is -2.57. The molecule has 0 saturated carbocycles. The van der Waals surface area contributed by atoms with E-state index in [0.29, 0.717) is 33.0 Å². The van der Waals surface area contributed by atoms with Gasteiger partial charge in [0.1, 0.15) is 0 Å². The van der Waals surface area contributed by atoms with E-state index in [1.807, 2.05) is 30.3 Å². The number of hydrogen-bond donors (Lipinski definition) is 1.